The van der Waals surface area contributed by atoms with Gasteiger partial charge in [0.05, 0.1) is 13.2 Å². The minimum atomic E-state index is -0.909. The third-order valence-electron chi connectivity index (χ3n) is 5.54. The summed E-state index contributed by atoms with van der Waals surface area (Å²) in [6.07, 6.45) is 3.41. The highest BCUT2D eigenvalue weighted by Crippen LogP contribution is 2.22. The second-order valence-corrected chi connectivity index (χ2v) is 9.56. The lowest BCUT2D eigenvalue weighted by Gasteiger charge is -2.38. The van der Waals surface area contributed by atoms with E-state index in [1.165, 1.54) is 23.5 Å². The predicted molar refractivity (Wildman–Crippen MR) is 153 cm³/mol. The first-order valence-corrected chi connectivity index (χ1v) is 13.8. The molecule has 0 aliphatic carbocycles. The summed E-state index contributed by atoms with van der Waals surface area (Å²) in [4.78, 5) is 32.5. The van der Waals surface area contributed by atoms with Crippen molar-refractivity contribution in [3.05, 3.63) is 63.0 Å². The van der Waals surface area contributed by atoms with Gasteiger partial charge in [0.25, 0.3) is 0 Å². The maximum absolute atomic E-state index is 14.0. The molecule has 2 aliphatic heterocycles. The summed E-state index contributed by atoms with van der Waals surface area (Å²) in [5.74, 6) is 0.334. The van der Waals surface area contributed by atoms with Crippen molar-refractivity contribution in [2.45, 2.75) is 32.0 Å². The molecular formula is C27H37ClF2N4O5S. The van der Waals surface area contributed by atoms with Gasteiger partial charge in [0.15, 0.2) is 10.8 Å². The number of rotatable bonds is 9. The van der Waals surface area contributed by atoms with E-state index < -0.39 is 6.17 Å². The fraction of sp³-hybridized carbons (Fsp3) is 0.481. The van der Waals surface area contributed by atoms with Crippen LogP contribution in [0.5, 0.6) is 0 Å². The van der Waals surface area contributed by atoms with Gasteiger partial charge in [0.2, 0.25) is 0 Å². The summed E-state index contributed by atoms with van der Waals surface area (Å²) in [6.45, 7) is 4.12. The molecule has 1 aromatic heterocycles. The Labute approximate surface area is 242 Å². The Hall–Kier alpha value is -2.61. The zero-order chi connectivity index (χ0) is 29.8. The molecule has 4 rings (SSSR count). The average molecular weight is 603 g/mol. The number of methoxy groups -OCH3 is 1. The topological polar surface area (TPSA) is 113 Å². The van der Waals surface area contributed by atoms with Crippen LogP contribution in [0.4, 0.5) is 8.78 Å². The number of hydrogen-bond acceptors (Lipinski definition) is 10. The summed E-state index contributed by atoms with van der Waals surface area (Å²) in [6, 6.07) is 5.82. The quantitative estimate of drug-likeness (QED) is 0.330. The summed E-state index contributed by atoms with van der Waals surface area (Å²) < 4.78 is 35.9. The van der Waals surface area contributed by atoms with Gasteiger partial charge >= 0.3 is 0 Å². The number of aliphatic hydroxyl groups is 1. The van der Waals surface area contributed by atoms with Crippen LogP contribution in [0, 0.1) is 5.82 Å². The lowest BCUT2D eigenvalue weighted by Crippen LogP contribution is -2.49. The molecule has 0 amide bonds. The second-order valence-electron chi connectivity index (χ2n) is 8.23. The van der Waals surface area contributed by atoms with Crippen LogP contribution in [0.2, 0.25) is 5.02 Å². The molecule has 0 saturated carbocycles. The molecule has 2 N–H and O–H groups in total. The van der Waals surface area contributed by atoms with E-state index in [1.54, 1.807) is 25.4 Å². The lowest BCUT2D eigenvalue weighted by atomic mass is 10.0. The van der Waals surface area contributed by atoms with Crippen molar-refractivity contribution in [2.24, 2.45) is 4.99 Å². The standard InChI is InChI=1S/C17H21FN4O3S.C6H4ClF.C3H8O.CH4O/c18-13-1-2-14(11-25-5-4-23)22(8-13)9-15-12(10-24)7-20-16(21-15)17-19-3-6-26-17;7-5-2-1-3-6(8)4-5;1-3-4-2;1-2/h3-4,6,10,13-14H,1-2,5,7-9,11H2,(H,20,21);1-4H;3H2,1-2H3;2H,1H3. The van der Waals surface area contributed by atoms with Gasteiger partial charge in [0, 0.05) is 67.8 Å². The minimum absolute atomic E-state index is 0.00586. The zero-order valence-electron chi connectivity index (χ0n) is 22.9. The van der Waals surface area contributed by atoms with Gasteiger partial charge in [-0.2, -0.15) is 0 Å². The molecule has 1 aromatic carbocycles. The average Bonchev–Trinajstić information content (AvgIpc) is 3.51. The molecule has 2 aliphatic rings. The molecule has 13 heteroatoms. The molecule has 3 heterocycles. The highest BCUT2D eigenvalue weighted by molar-refractivity contribution is 7.11. The largest absolute Gasteiger partial charge is 0.400 e. The van der Waals surface area contributed by atoms with Gasteiger partial charge < -0.3 is 24.7 Å². The number of piperidine rings is 1. The first-order chi connectivity index (χ1) is 19.4. The number of aromatic nitrogens is 1. The molecule has 1 saturated heterocycles. The zero-order valence-corrected chi connectivity index (χ0v) is 24.5. The van der Waals surface area contributed by atoms with Crippen molar-refractivity contribution in [2.75, 3.05) is 53.7 Å². The van der Waals surface area contributed by atoms with Crippen molar-refractivity contribution >= 4 is 41.3 Å². The first kappa shape index (κ1) is 35.4. The Bertz CT molecular complexity index is 1040. The predicted octanol–water partition coefficient (Wildman–Crippen LogP) is 3.70. The fourth-order valence-electron chi connectivity index (χ4n) is 3.58. The number of amidine groups is 1. The number of hydrogen-bond donors (Lipinski definition) is 2. The number of aldehydes is 2. The van der Waals surface area contributed by atoms with Crippen LogP contribution in [0.15, 0.2) is 52.1 Å². The Balaban J connectivity index is 0.000000472. The van der Waals surface area contributed by atoms with E-state index in [1.807, 2.05) is 17.2 Å². The third-order valence-corrected chi connectivity index (χ3v) is 6.55. The number of aliphatic imine (C=N–C) groups is 1. The summed E-state index contributed by atoms with van der Waals surface area (Å²) in [5.41, 5.74) is 1.27. The molecule has 2 atom stereocenters. The second kappa shape index (κ2) is 21.2. The van der Waals surface area contributed by atoms with Crippen LogP contribution >= 0.6 is 22.9 Å². The number of alkyl halides is 1. The number of benzene rings is 1. The molecule has 0 bridgehead atoms. The lowest BCUT2D eigenvalue weighted by molar-refractivity contribution is -0.112. The Morgan fingerprint density at radius 1 is 1.30 bits per heavy atom. The van der Waals surface area contributed by atoms with Gasteiger partial charge in [-0.1, -0.05) is 17.7 Å². The van der Waals surface area contributed by atoms with E-state index in [0.717, 1.165) is 30.7 Å². The Morgan fingerprint density at radius 3 is 2.60 bits per heavy atom. The van der Waals surface area contributed by atoms with Crippen LogP contribution in [-0.2, 0) is 19.1 Å². The van der Waals surface area contributed by atoms with Crippen molar-refractivity contribution in [3.63, 3.8) is 0 Å². The van der Waals surface area contributed by atoms with Crippen LogP contribution in [-0.4, -0.2) is 99.3 Å². The van der Waals surface area contributed by atoms with E-state index in [0.29, 0.717) is 48.7 Å². The van der Waals surface area contributed by atoms with Gasteiger partial charge in [-0.05, 0) is 38.0 Å². The highest BCUT2D eigenvalue weighted by Gasteiger charge is 2.30. The van der Waals surface area contributed by atoms with Crippen LogP contribution < -0.4 is 5.32 Å². The van der Waals surface area contributed by atoms with E-state index in [9.17, 15) is 18.4 Å². The van der Waals surface area contributed by atoms with E-state index in [-0.39, 0.29) is 31.6 Å². The molecule has 1 fully saturated rings. The van der Waals surface area contributed by atoms with Gasteiger partial charge in [-0.25, -0.2) is 13.8 Å². The molecule has 0 radical (unpaired) electrons. The molecule has 2 unspecified atom stereocenters. The first-order valence-electron chi connectivity index (χ1n) is 12.5. The van der Waals surface area contributed by atoms with Crippen LogP contribution in [0.25, 0.3) is 0 Å². The Kier molecular flexibility index (Phi) is 18.8. The van der Waals surface area contributed by atoms with Crippen molar-refractivity contribution in [3.8, 4) is 0 Å². The summed E-state index contributed by atoms with van der Waals surface area (Å²) >= 11 is 6.86. The van der Waals surface area contributed by atoms with Crippen molar-refractivity contribution < 1.29 is 33.0 Å². The number of nitrogens with one attached hydrogen (secondary N) is 1. The van der Waals surface area contributed by atoms with Crippen LogP contribution in [0.1, 0.15) is 24.8 Å². The van der Waals surface area contributed by atoms with Crippen molar-refractivity contribution in [1.29, 1.82) is 0 Å². The molecule has 9 nitrogen and oxygen atoms in total. The monoisotopic (exact) mass is 602 g/mol. The van der Waals surface area contributed by atoms with Gasteiger partial charge in [0.1, 0.15) is 31.2 Å². The van der Waals surface area contributed by atoms with Crippen molar-refractivity contribution in [1.82, 2.24) is 15.2 Å². The van der Waals surface area contributed by atoms with Gasteiger partial charge in [-0.15, -0.1) is 11.3 Å². The summed E-state index contributed by atoms with van der Waals surface area (Å²) in [5, 5.41) is 13.2. The number of nitrogens with zero attached hydrogens (tertiary/aromatic N) is 3. The number of likely N-dealkylation sites (tertiary alicyclic amines) is 1. The maximum atomic E-state index is 14.0. The van der Waals surface area contributed by atoms with E-state index in [4.69, 9.17) is 21.4 Å². The molecular weight excluding hydrogens is 566 g/mol. The normalized spacial score (nSPS) is 18.4. The summed E-state index contributed by atoms with van der Waals surface area (Å²) in [7, 11) is 2.68. The number of aliphatic hydroxyl groups excluding tert-OH is 1. The van der Waals surface area contributed by atoms with E-state index >= 15 is 0 Å². The number of ether oxygens (including phenoxy) is 2. The minimum Gasteiger partial charge on any atom is -0.400 e. The number of halogens is 3. The highest BCUT2D eigenvalue weighted by atomic mass is 35.5. The smallest absolute Gasteiger partial charge is 0.162 e. The number of carbonyl (C=O) groups excluding carboxylic acids is 2. The number of thiazole rings is 1. The third kappa shape index (κ3) is 13.2. The molecule has 40 heavy (non-hydrogen) atoms. The number of carbonyl (C=O) groups is 2. The van der Waals surface area contributed by atoms with E-state index in [2.05, 4.69) is 20.0 Å². The molecule has 222 valence electrons. The van der Waals surface area contributed by atoms with Gasteiger partial charge in [-0.3, -0.25) is 14.7 Å². The molecule has 2 aromatic rings. The van der Waals surface area contributed by atoms with Crippen LogP contribution in [0.3, 0.4) is 0 Å². The maximum Gasteiger partial charge on any atom is 0.162 e. The fourth-order valence-corrected chi connectivity index (χ4v) is 4.36. The molecule has 0 spiro atoms. The Morgan fingerprint density at radius 2 is 2.05 bits per heavy atom. The SMILES string of the molecule is CCOC.CO.Fc1cccc(Cl)c1.O=CCOCC1CCC(F)CN1CC1=C(C=O)CN=C(c2nccs2)N1.